The van der Waals surface area contributed by atoms with Gasteiger partial charge in [-0.3, -0.25) is 4.72 Å². The Bertz CT molecular complexity index is 690. The van der Waals surface area contributed by atoms with Crippen LogP contribution in [0.25, 0.3) is 10.1 Å². The smallest absolute Gasteiger partial charge is 0.235 e. The van der Waals surface area contributed by atoms with E-state index in [4.69, 9.17) is 4.74 Å². The molecule has 0 radical (unpaired) electrons. The van der Waals surface area contributed by atoms with Gasteiger partial charge in [-0.1, -0.05) is 0 Å². The molecule has 0 bridgehead atoms. The summed E-state index contributed by atoms with van der Waals surface area (Å²) in [6, 6.07) is 5.44. The lowest BCUT2D eigenvalue weighted by atomic mass is 10.1. The zero-order valence-corrected chi connectivity index (χ0v) is 12.5. The molecule has 7 heteroatoms. The third-order valence-corrected chi connectivity index (χ3v) is 5.44. The number of nitrogens with one attached hydrogen (secondary N) is 1. The zero-order chi connectivity index (χ0) is 14.0. The maximum Gasteiger partial charge on any atom is 0.235 e. The summed E-state index contributed by atoms with van der Waals surface area (Å²) in [6.07, 6.45) is 4.42. The summed E-state index contributed by atoms with van der Waals surface area (Å²) in [5.41, 5.74) is 0.577. The van der Waals surface area contributed by atoms with Gasteiger partial charge in [-0.05, 0) is 49.0 Å². The van der Waals surface area contributed by atoms with Crippen molar-refractivity contribution < 1.29 is 13.2 Å². The van der Waals surface area contributed by atoms with Gasteiger partial charge in [0.25, 0.3) is 0 Å². The Kier molecular flexibility index (Phi) is 3.91. The van der Waals surface area contributed by atoms with Crippen molar-refractivity contribution in [2.24, 2.45) is 0 Å². The maximum absolute atomic E-state index is 12.1. The van der Waals surface area contributed by atoms with Crippen LogP contribution in [0.4, 0.5) is 5.69 Å². The van der Waals surface area contributed by atoms with Crippen LogP contribution in [0, 0.1) is 0 Å². The van der Waals surface area contributed by atoms with Crippen molar-refractivity contribution in [3.05, 3.63) is 24.4 Å². The van der Waals surface area contributed by atoms with Crippen LogP contribution in [0.2, 0.25) is 0 Å². The van der Waals surface area contributed by atoms with Crippen LogP contribution in [0.1, 0.15) is 19.3 Å². The minimum Gasteiger partial charge on any atom is -0.377 e. The number of nitrogens with zero attached hydrogens (tertiary/aromatic N) is 1. The fourth-order valence-corrected chi connectivity index (χ4v) is 4.29. The van der Waals surface area contributed by atoms with Crippen molar-refractivity contribution in [1.29, 1.82) is 0 Å². The van der Waals surface area contributed by atoms with Crippen molar-refractivity contribution >= 4 is 37.3 Å². The van der Waals surface area contributed by atoms with Gasteiger partial charge in [0.15, 0.2) is 0 Å². The van der Waals surface area contributed by atoms with Gasteiger partial charge in [-0.2, -0.15) is 4.37 Å². The van der Waals surface area contributed by atoms with E-state index in [9.17, 15) is 8.42 Å². The number of hydrogen-bond acceptors (Lipinski definition) is 5. The molecule has 1 saturated heterocycles. The molecule has 1 N–H and O–H groups in total. The highest BCUT2D eigenvalue weighted by atomic mass is 32.2. The second-order valence-corrected chi connectivity index (χ2v) is 7.55. The molecule has 0 unspecified atom stereocenters. The van der Waals surface area contributed by atoms with E-state index in [-0.39, 0.29) is 11.9 Å². The molecule has 0 spiro atoms. The van der Waals surface area contributed by atoms with Crippen LogP contribution in [0.15, 0.2) is 24.4 Å². The molecule has 1 aromatic heterocycles. The van der Waals surface area contributed by atoms with Crippen LogP contribution in [0.3, 0.4) is 0 Å². The molecule has 0 aliphatic carbocycles. The molecule has 20 heavy (non-hydrogen) atoms. The fraction of sp³-hybridized carbons (Fsp3) is 0.462. The quantitative estimate of drug-likeness (QED) is 0.942. The molecule has 2 aromatic rings. The first kappa shape index (κ1) is 13.8. The van der Waals surface area contributed by atoms with Crippen LogP contribution in [0.5, 0.6) is 0 Å². The molecule has 3 rings (SSSR count). The summed E-state index contributed by atoms with van der Waals surface area (Å²) in [6.45, 7) is 0.659. The van der Waals surface area contributed by atoms with Gasteiger partial charge < -0.3 is 4.74 Å². The van der Waals surface area contributed by atoms with E-state index in [1.807, 2.05) is 6.07 Å². The molecule has 0 amide bonds. The van der Waals surface area contributed by atoms with E-state index >= 15 is 0 Å². The maximum atomic E-state index is 12.1. The summed E-state index contributed by atoms with van der Waals surface area (Å²) in [4.78, 5) is 0. The summed E-state index contributed by atoms with van der Waals surface area (Å²) in [7, 11) is -3.38. The van der Waals surface area contributed by atoms with Gasteiger partial charge >= 0.3 is 0 Å². The van der Waals surface area contributed by atoms with E-state index in [2.05, 4.69) is 9.10 Å². The average Bonchev–Trinajstić information content (AvgIpc) is 2.86. The van der Waals surface area contributed by atoms with Crippen molar-refractivity contribution in [1.82, 2.24) is 4.37 Å². The lowest BCUT2D eigenvalue weighted by molar-refractivity contribution is 0.0306. The van der Waals surface area contributed by atoms with Gasteiger partial charge in [0.2, 0.25) is 10.0 Å². The van der Waals surface area contributed by atoms with Crippen LogP contribution >= 0.6 is 11.5 Å². The minimum absolute atomic E-state index is 0.0208. The van der Waals surface area contributed by atoms with Gasteiger partial charge in [-0.25, -0.2) is 8.42 Å². The van der Waals surface area contributed by atoms with E-state index in [1.165, 1.54) is 11.5 Å². The van der Waals surface area contributed by atoms with Gasteiger partial charge in [-0.15, -0.1) is 0 Å². The van der Waals surface area contributed by atoms with E-state index in [1.54, 1.807) is 18.3 Å². The highest BCUT2D eigenvalue weighted by Crippen LogP contribution is 2.23. The third-order valence-electron chi connectivity index (χ3n) is 3.31. The van der Waals surface area contributed by atoms with Crippen molar-refractivity contribution in [3.8, 4) is 0 Å². The summed E-state index contributed by atoms with van der Waals surface area (Å²) in [5.74, 6) is 0.0208. The highest BCUT2D eigenvalue weighted by Gasteiger charge is 2.22. The van der Waals surface area contributed by atoms with Crippen LogP contribution in [-0.4, -0.2) is 31.3 Å². The predicted molar refractivity (Wildman–Crippen MR) is 80.6 cm³/mol. The number of sulfonamides is 1. The molecule has 1 aliphatic rings. The lowest BCUT2D eigenvalue weighted by Gasteiger charge is -2.22. The summed E-state index contributed by atoms with van der Waals surface area (Å²) < 4.78 is 37.5. The largest absolute Gasteiger partial charge is 0.377 e. The van der Waals surface area contributed by atoms with E-state index in [0.717, 1.165) is 29.3 Å². The number of hydrogen-bond donors (Lipinski definition) is 1. The first-order valence-corrected chi connectivity index (χ1v) is 9.01. The Morgan fingerprint density at radius 2 is 2.30 bits per heavy atom. The molecular formula is C13H16N2O3S2. The minimum atomic E-state index is -3.38. The summed E-state index contributed by atoms with van der Waals surface area (Å²) >= 11 is 1.40. The highest BCUT2D eigenvalue weighted by molar-refractivity contribution is 7.92. The number of anilines is 1. The molecular weight excluding hydrogens is 296 g/mol. The Labute approximate surface area is 122 Å². The monoisotopic (exact) mass is 312 g/mol. The number of aromatic nitrogens is 1. The van der Waals surface area contributed by atoms with Crippen molar-refractivity contribution in [2.75, 3.05) is 17.1 Å². The number of ether oxygens (including phenoxy) is 1. The Balaban J connectivity index is 1.71. The average molecular weight is 312 g/mol. The van der Waals surface area contributed by atoms with Crippen molar-refractivity contribution in [2.45, 2.75) is 25.4 Å². The predicted octanol–water partition coefficient (Wildman–Crippen LogP) is 2.61. The van der Waals surface area contributed by atoms with Crippen LogP contribution < -0.4 is 4.72 Å². The number of benzene rings is 1. The molecule has 2 heterocycles. The Morgan fingerprint density at radius 1 is 1.40 bits per heavy atom. The Morgan fingerprint density at radius 3 is 3.10 bits per heavy atom. The fourth-order valence-electron chi connectivity index (χ4n) is 2.34. The molecule has 0 saturated carbocycles. The molecule has 108 valence electrons. The SMILES string of the molecule is O=S(=O)(C[C@@H]1CCCCO1)Nc1ccc2sncc2c1. The second kappa shape index (κ2) is 5.67. The third kappa shape index (κ3) is 3.28. The second-order valence-electron chi connectivity index (χ2n) is 4.95. The molecule has 1 aliphatic heterocycles. The molecule has 1 aromatic carbocycles. The van der Waals surface area contributed by atoms with Gasteiger partial charge in [0.1, 0.15) is 0 Å². The van der Waals surface area contributed by atoms with E-state index < -0.39 is 10.0 Å². The topological polar surface area (TPSA) is 68.3 Å². The van der Waals surface area contributed by atoms with Gasteiger partial charge in [0, 0.05) is 23.9 Å². The lowest BCUT2D eigenvalue weighted by Crippen LogP contribution is -2.30. The zero-order valence-electron chi connectivity index (χ0n) is 10.9. The first-order valence-electron chi connectivity index (χ1n) is 6.59. The first-order chi connectivity index (χ1) is 9.62. The summed E-state index contributed by atoms with van der Waals surface area (Å²) in [5, 5.41) is 0.948. The van der Waals surface area contributed by atoms with E-state index in [0.29, 0.717) is 12.3 Å². The van der Waals surface area contributed by atoms with Gasteiger partial charge in [0.05, 0.1) is 16.6 Å². The standard InChI is InChI=1S/C13H16N2O3S2/c16-20(17,9-12-3-1-2-6-18-12)15-11-4-5-13-10(7-11)8-14-19-13/h4-5,7-8,12,15H,1-3,6,9H2/t12-/m0/s1. The number of fused-ring (bicyclic) bond motifs is 1. The molecule has 1 atom stereocenters. The number of rotatable bonds is 4. The van der Waals surface area contributed by atoms with Crippen LogP contribution in [-0.2, 0) is 14.8 Å². The van der Waals surface area contributed by atoms with Crippen molar-refractivity contribution in [3.63, 3.8) is 0 Å². The molecule has 1 fully saturated rings. The Hall–Kier alpha value is -1.18. The normalized spacial score (nSPS) is 20.1. The molecule has 5 nitrogen and oxygen atoms in total.